The SMILES string of the molecule is CC(CC(=O)O)Oc1cc(Cl)c(Cl)cc1Cl. The summed E-state index contributed by atoms with van der Waals surface area (Å²) in [6.45, 7) is 1.63. The number of benzene rings is 1. The summed E-state index contributed by atoms with van der Waals surface area (Å²) >= 11 is 17.4. The third kappa shape index (κ3) is 3.74. The van der Waals surface area contributed by atoms with Crippen LogP contribution in [-0.2, 0) is 4.79 Å². The molecule has 0 aliphatic rings. The van der Waals surface area contributed by atoms with Gasteiger partial charge in [0.1, 0.15) is 11.9 Å². The van der Waals surface area contributed by atoms with Gasteiger partial charge in [-0.25, -0.2) is 0 Å². The minimum atomic E-state index is -0.941. The van der Waals surface area contributed by atoms with E-state index in [9.17, 15) is 4.79 Å². The first-order valence-electron chi connectivity index (χ1n) is 4.43. The molecule has 1 aromatic carbocycles. The van der Waals surface area contributed by atoms with Crippen molar-refractivity contribution in [3.8, 4) is 5.75 Å². The van der Waals surface area contributed by atoms with Crippen LogP contribution in [0.3, 0.4) is 0 Å². The van der Waals surface area contributed by atoms with E-state index in [4.69, 9.17) is 44.6 Å². The molecule has 88 valence electrons. The molecule has 1 N–H and O–H groups in total. The third-order valence-corrected chi connectivity index (χ3v) is 2.78. The Morgan fingerprint density at radius 3 is 2.44 bits per heavy atom. The third-order valence-electron chi connectivity index (χ3n) is 1.77. The maximum atomic E-state index is 10.4. The largest absolute Gasteiger partial charge is 0.488 e. The van der Waals surface area contributed by atoms with Crippen molar-refractivity contribution in [1.82, 2.24) is 0 Å². The van der Waals surface area contributed by atoms with Gasteiger partial charge < -0.3 is 9.84 Å². The fourth-order valence-corrected chi connectivity index (χ4v) is 1.68. The van der Waals surface area contributed by atoms with Crippen LogP contribution in [0.4, 0.5) is 0 Å². The molecule has 16 heavy (non-hydrogen) atoms. The molecule has 0 bridgehead atoms. The van der Waals surface area contributed by atoms with Crippen LogP contribution < -0.4 is 4.74 Å². The van der Waals surface area contributed by atoms with E-state index in [1.54, 1.807) is 6.92 Å². The Morgan fingerprint density at radius 1 is 1.31 bits per heavy atom. The van der Waals surface area contributed by atoms with Crippen molar-refractivity contribution in [2.75, 3.05) is 0 Å². The van der Waals surface area contributed by atoms with Crippen LogP contribution in [0.2, 0.25) is 15.1 Å². The lowest BCUT2D eigenvalue weighted by molar-refractivity contribution is -0.138. The predicted octanol–water partition coefficient (Wildman–Crippen LogP) is 3.89. The van der Waals surface area contributed by atoms with Crippen LogP contribution >= 0.6 is 34.8 Å². The summed E-state index contributed by atoms with van der Waals surface area (Å²) < 4.78 is 5.34. The van der Waals surface area contributed by atoms with Crippen LogP contribution in [0.15, 0.2) is 12.1 Å². The molecular weight excluding hydrogens is 274 g/mol. The molecule has 0 amide bonds. The van der Waals surface area contributed by atoms with Crippen molar-refractivity contribution < 1.29 is 14.6 Å². The zero-order valence-electron chi connectivity index (χ0n) is 8.34. The molecule has 1 rings (SSSR count). The first-order valence-corrected chi connectivity index (χ1v) is 5.56. The Balaban J connectivity index is 2.81. The topological polar surface area (TPSA) is 46.5 Å². The Hall–Kier alpha value is -0.640. The van der Waals surface area contributed by atoms with Crippen molar-refractivity contribution in [3.63, 3.8) is 0 Å². The average molecular weight is 284 g/mol. The van der Waals surface area contributed by atoms with Crippen LogP contribution in [-0.4, -0.2) is 17.2 Å². The van der Waals surface area contributed by atoms with E-state index >= 15 is 0 Å². The molecule has 1 aromatic rings. The second kappa shape index (κ2) is 5.62. The number of hydrogen-bond donors (Lipinski definition) is 1. The van der Waals surface area contributed by atoms with E-state index < -0.39 is 12.1 Å². The molecule has 6 heteroatoms. The highest BCUT2D eigenvalue weighted by Crippen LogP contribution is 2.34. The number of ether oxygens (including phenoxy) is 1. The van der Waals surface area contributed by atoms with Gasteiger partial charge in [0.15, 0.2) is 0 Å². The van der Waals surface area contributed by atoms with Gasteiger partial charge in [-0.3, -0.25) is 4.79 Å². The van der Waals surface area contributed by atoms with Gasteiger partial charge in [0.05, 0.1) is 21.5 Å². The lowest BCUT2D eigenvalue weighted by atomic mass is 10.3. The number of hydrogen-bond acceptors (Lipinski definition) is 2. The minimum Gasteiger partial charge on any atom is -0.488 e. The molecule has 0 fully saturated rings. The summed E-state index contributed by atoms with van der Waals surface area (Å²) in [7, 11) is 0. The quantitative estimate of drug-likeness (QED) is 0.853. The maximum absolute atomic E-state index is 10.4. The lowest BCUT2D eigenvalue weighted by Crippen LogP contribution is -2.16. The molecular formula is C10H9Cl3O3. The number of carboxylic acid groups (broad SMARTS) is 1. The Kier molecular flexibility index (Phi) is 4.71. The molecule has 1 atom stereocenters. The van der Waals surface area contributed by atoms with Gasteiger partial charge in [-0.1, -0.05) is 34.8 Å². The van der Waals surface area contributed by atoms with Gasteiger partial charge in [0.25, 0.3) is 0 Å². The van der Waals surface area contributed by atoms with Crippen molar-refractivity contribution in [1.29, 1.82) is 0 Å². The second-order valence-corrected chi connectivity index (χ2v) is 4.44. The first kappa shape index (κ1) is 13.4. The molecule has 0 saturated heterocycles. The van der Waals surface area contributed by atoms with E-state index in [-0.39, 0.29) is 6.42 Å². The number of carboxylic acids is 1. The lowest BCUT2D eigenvalue weighted by Gasteiger charge is -2.14. The molecule has 0 saturated carbocycles. The van der Waals surface area contributed by atoms with Gasteiger partial charge in [0, 0.05) is 6.07 Å². The summed E-state index contributed by atoms with van der Waals surface area (Å²) in [5, 5.41) is 9.50. The Morgan fingerprint density at radius 2 is 1.88 bits per heavy atom. The van der Waals surface area contributed by atoms with Gasteiger partial charge in [0.2, 0.25) is 0 Å². The van der Waals surface area contributed by atoms with E-state index in [0.29, 0.717) is 20.8 Å². The van der Waals surface area contributed by atoms with Gasteiger partial charge in [-0.15, -0.1) is 0 Å². The molecule has 0 heterocycles. The first-order chi connectivity index (χ1) is 7.40. The molecule has 1 unspecified atom stereocenters. The van der Waals surface area contributed by atoms with Crippen molar-refractivity contribution in [2.24, 2.45) is 0 Å². The Bertz CT molecular complexity index is 407. The highest BCUT2D eigenvalue weighted by molar-refractivity contribution is 6.43. The fraction of sp³-hybridized carbons (Fsp3) is 0.300. The summed E-state index contributed by atoms with van der Waals surface area (Å²) in [6.07, 6.45) is -0.608. The van der Waals surface area contributed by atoms with Gasteiger partial charge >= 0.3 is 5.97 Å². The Labute approximate surface area is 108 Å². The van der Waals surface area contributed by atoms with E-state index in [1.807, 2.05) is 0 Å². The summed E-state index contributed by atoms with van der Waals surface area (Å²) in [5.74, 6) is -0.617. The van der Waals surface area contributed by atoms with E-state index in [1.165, 1.54) is 12.1 Å². The van der Waals surface area contributed by atoms with Crippen LogP contribution in [0.5, 0.6) is 5.75 Å². The normalized spacial score (nSPS) is 12.2. The second-order valence-electron chi connectivity index (χ2n) is 3.22. The maximum Gasteiger partial charge on any atom is 0.307 e. The van der Waals surface area contributed by atoms with Crippen LogP contribution in [0.25, 0.3) is 0 Å². The number of aliphatic carboxylic acids is 1. The summed E-state index contributed by atoms with van der Waals surface area (Å²) in [6, 6.07) is 2.92. The molecule has 0 aromatic heterocycles. The average Bonchev–Trinajstić information content (AvgIpc) is 2.12. The zero-order chi connectivity index (χ0) is 12.3. The number of carbonyl (C=O) groups is 1. The minimum absolute atomic E-state index is 0.115. The zero-order valence-corrected chi connectivity index (χ0v) is 10.6. The van der Waals surface area contributed by atoms with Crippen LogP contribution in [0, 0.1) is 0 Å². The molecule has 0 radical (unpaired) electrons. The summed E-state index contributed by atoms with van der Waals surface area (Å²) in [5.41, 5.74) is 0. The molecule has 3 nitrogen and oxygen atoms in total. The summed E-state index contributed by atoms with van der Waals surface area (Å²) in [4.78, 5) is 10.4. The van der Waals surface area contributed by atoms with Crippen LogP contribution in [0.1, 0.15) is 13.3 Å². The van der Waals surface area contributed by atoms with Gasteiger partial charge in [-0.2, -0.15) is 0 Å². The fourth-order valence-electron chi connectivity index (χ4n) is 1.10. The number of halogens is 3. The van der Waals surface area contributed by atoms with Gasteiger partial charge in [-0.05, 0) is 13.0 Å². The van der Waals surface area contributed by atoms with Crippen molar-refractivity contribution >= 4 is 40.8 Å². The molecule has 0 aliphatic heterocycles. The standard InChI is InChI=1S/C10H9Cl3O3/c1-5(2-10(14)15)16-9-4-7(12)6(11)3-8(9)13/h3-5H,2H2,1H3,(H,14,15). The molecule has 0 aliphatic carbocycles. The number of rotatable bonds is 4. The van der Waals surface area contributed by atoms with Crippen molar-refractivity contribution in [2.45, 2.75) is 19.4 Å². The highest BCUT2D eigenvalue weighted by Gasteiger charge is 2.13. The monoisotopic (exact) mass is 282 g/mol. The molecule has 0 spiro atoms. The van der Waals surface area contributed by atoms with E-state index in [2.05, 4.69) is 0 Å². The predicted molar refractivity (Wildman–Crippen MR) is 63.8 cm³/mol. The highest BCUT2D eigenvalue weighted by atomic mass is 35.5. The van der Waals surface area contributed by atoms with Crippen molar-refractivity contribution in [3.05, 3.63) is 27.2 Å². The smallest absolute Gasteiger partial charge is 0.307 e. The van der Waals surface area contributed by atoms with E-state index in [0.717, 1.165) is 0 Å².